The van der Waals surface area contributed by atoms with E-state index < -0.39 is 0 Å². The molecule has 2 nitrogen and oxygen atoms in total. The van der Waals surface area contributed by atoms with Crippen LogP contribution >= 0.6 is 22.5 Å². The molecular weight excluding hydrogens is 176 g/mol. The molecule has 2 rings (SSSR count). The fraction of sp³-hybridized carbons (Fsp3) is 0. The number of H-pyrrole nitrogens is 1. The van der Waals surface area contributed by atoms with Crippen molar-refractivity contribution in [3.05, 3.63) is 24.7 Å². The molecule has 0 unspecified atom stereocenters. The van der Waals surface area contributed by atoms with Gasteiger partial charge in [-0.05, 0) is 6.07 Å². The molecule has 0 bridgehead atoms. The normalized spacial score (nSPS) is 10.6. The van der Waals surface area contributed by atoms with E-state index in [0.717, 1.165) is 15.8 Å². The molecule has 0 saturated carbocycles. The summed E-state index contributed by atoms with van der Waals surface area (Å²) in [6.45, 7) is 0. The average molecular weight is 182 g/mol. The Hall–Kier alpha value is -0.610. The zero-order chi connectivity index (χ0) is 7.68. The summed E-state index contributed by atoms with van der Waals surface area (Å²) in [6, 6.07) is 1.95. The van der Waals surface area contributed by atoms with Gasteiger partial charge in [-0.25, -0.2) is 0 Å². The molecule has 2 heterocycles. The first-order chi connectivity index (χ1) is 5.42. The summed E-state index contributed by atoms with van der Waals surface area (Å²) in [6.07, 6.45) is 5.54. The van der Waals surface area contributed by atoms with Crippen molar-refractivity contribution in [1.82, 2.24) is 9.97 Å². The van der Waals surface area contributed by atoms with Crippen LogP contribution < -0.4 is 0 Å². The van der Waals surface area contributed by atoms with Crippen molar-refractivity contribution in [3.8, 4) is 0 Å². The van der Waals surface area contributed by atoms with Crippen molar-refractivity contribution < 1.29 is 0 Å². The van der Waals surface area contributed by atoms with Crippen LogP contribution in [0.5, 0.6) is 0 Å². The quantitative estimate of drug-likeness (QED) is 0.524. The largest absolute Gasteiger partial charge is 0.360 e. The van der Waals surface area contributed by atoms with Crippen molar-refractivity contribution in [2.24, 2.45) is 0 Å². The Morgan fingerprint density at radius 1 is 1.55 bits per heavy atom. The van der Waals surface area contributed by atoms with Crippen LogP contribution in [-0.4, -0.2) is 9.97 Å². The lowest BCUT2D eigenvalue weighted by Gasteiger charge is -1.88. The van der Waals surface area contributed by atoms with Crippen LogP contribution in [0.15, 0.2) is 29.6 Å². The Balaban J connectivity index is 2.76. The first-order valence-corrected chi connectivity index (χ1v) is 5.01. The van der Waals surface area contributed by atoms with Gasteiger partial charge in [-0.1, -0.05) is 10.8 Å². The lowest BCUT2D eigenvalue weighted by molar-refractivity contribution is 1.35. The minimum atomic E-state index is 1.11. The van der Waals surface area contributed by atoms with Gasteiger partial charge < -0.3 is 4.98 Å². The van der Waals surface area contributed by atoms with Crippen LogP contribution in [0.1, 0.15) is 0 Å². The Morgan fingerprint density at radius 3 is 3.27 bits per heavy atom. The Kier molecular flexibility index (Phi) is 1.79. The number of nitrogens with one attached hydrogen (secondary N) is 1. The predicted molar refractivity (Wildman–Crippen MR) is 50.9 cm³/mol. The molecule has 0 saturated heterocycles. The maximum atomic E-state index is 4.12. The van der Waals surface area contributed by atoms with Gasteiger partial charge >= 0.3 is 0 Å². The van der Waals surface area contributed by atoms with E-state index in [1.54, 1.807) is 6.20 Å². The van der Waals surface area contributed by atoms with Gasteiger partial charge in [-0.2, -0.15) is 0 Å². The van der Waals surface area contributed by atoms with Crippen LogP contribution in [0.2, 0.25) is 0 Å². The summed E-state index contributed by atoms with van der Waals surface area (Å²) in [5.41, 5.74) is 1.11. The summed E-state index contributed by atoms with van der Waals surface area (Å²) < 4.78 is 0. The smallest absolute Gasteiger partial charge is 0.0497 e. The number of thiol groups is 1. The van der Waals surface area contributed by atoms with Crippen molar-refractivity contribution >= 4 is 33.4 Å². The Bertz CT molecular complexity index is 369. The highest BCUT2D eigenvalue weighted by atomic mass is 33.1. The zero-order valence-electron chi connectivity index (χ0n) is 5.61. The van der Waals surface area contributed by atoms with Gasteiger partial charge in [0.25, 0.3) is 0 Å². The number of aromatic nitrogens is 2. The predicted octanol–water partition coefficient (Wildman–Crippen LogP) is 2.50. The van der Waals surface area contributed by atoms with E-state index in [9.17, 15) is 0 Å². The van der Waals surface area contributed by atoms with Crippen LogP contribution in [0.3, 0.4) is 0 Å². The summed E-state index contributed by atoms with van der Waals surface area (Å²) in [7, 11) is 1.43. The van der Waals surface area contributed by atoms with Crippen LogP contribution in [-0.2, 0) is 0 Å². The van der Waals surface area contributed by atoms with Crippen LogP contribution in [0, 0.1) is 0 Å². The van der Waals surface area contributed by atoms with E-state index in [-0.39, 0.29) is 0 Å². The molecule has 56 valence electrons. The number of hydrogen-bond acceptors (Lipinski definition) is 3. The summed E-state index contributed by atoms with van der Waals surface area (Å²) >= 11 is 4.12. The van der Waals surface area contributed by atoms with E-state index in [0.29, 0.717) is 0 Å². The molecule has 0 aliphatic carbocycles. The van der Waals surface area contributed by atoms with Gasteiger partial charge in [0.2, 0.25) is 0 Å². The maximum absolute atomic E-state index is 4.12. The second-order valence-corrected chi connectivity index (χ2v) is 3.34. The van der Waals surface area contributed by atoms with E-state index in [1.165, 1.54) is 10.8 Å². The van der Waals surface area contributed by atoms with Crippen molar-refractivity contribution in [2.75, 3.05) is 0 Å². The highest BCUT2D eigenvalue weighted by Gasteiger charge is 2.00. The monoisotopic (exact) mass is 182 g/mol. The molecule has 2 aromatic rings. The third-order valence-electron chi connectivity index (χ3n) is 1.54. The standard InChI is InChI=1S/C7H6N2S2/c10-11-7-4-9-6-1-2-8-3-5(6)7/h1-4,9-10H. The van der Waals surface area contributed by atoms with Crippen LogP contribution in [0.4, 0.5) is 0 Å². The number of hydrogen-bond donors (Lipinski definition) is 2. The fourth-order valence-corrected chi connectivity index (χ4v) is 1.84. The van der Waals surface area contributed by atoms with Gasteiger partial charge in [-0.3, -0.25) is 4.98 Å². The molecule has 0 aliphatic heterocycles. The summed E-state index contributed by atoms with van der Waals surface area (Å²) in [5.74, 6) is 0. The SMILES string of the molecule is SSc1c[nH]c2ccncc12. The number of pyridine rings is 1. The number of rotatable bonds is 1. The molecule has 0 atom stereocenters. The lowest BCUT2D eigenvalue weighted by Crippen LogP contribution is -1.69. The minimum Gasteiger partial charge on any atom is -0.360 e. The molecule has 2 aromatic heterocycles. The summed E-state index contributed by atoms with van der Waals surface area (Å²) in [5, 5.41) is 1.13. The summed E-state index contributed by atoms with van der Waals surface area (Å²) in [4.78, 5) is 8.28. The van der Waals surface area contributed by atoms with Crippen molar-refractivity contribution in [2.45, 2.75) is 4.90 Å². The first kappa shape index (κ1) is 7.06. The molecule has 4 heteroatoms. The topological polar surface area (TPSA) is 28.7 Å². The molecule has 1 N–H and O–H groups in total. The number of aromatic amines is 1. The Morgan fingerprint density at radius 2 is 2.45 bits per heavy atom. The highest BCUT2D eigenvalue weighted by molar-refractivity contribution is 8.68. The molecular formula is C7H6N2S2. The van der Waals surface area contributed by atoms with E-state index in [4.69, 9.17) is 0 Å². The lowest BCUT2D eigenvalue weighted by atomic mass is 10.3. The minimum absolute atomic E-state index is 1.11. The van der Waals surface area contributed by atoms with Gasteiger partial charge in [0.15, 0.2) is 0 Å². The molecule has 0 fully saturated rings. The first-order valence-electron chi connectivity index (χ1n) is 3.14. The molecule has 0 aromatic carbocycles. The number of nitrogens with zero attached hydrogens (tertiary/aromatic N) is 1. The van der Waals surface area contributed by atoms with Crippen molar-refractivity contribution in [1.29, 1.82) is 0 Å². The molecule has 0 spiro atoms. The fourth-order valence-electron chi connectivity index (χ4n) is 1.01. The van der Waals surface area contributed by atoms with E-state index in [1.807, 2.05) is 18.5 Å². The molecule has 0 radical (unpaired) electrons. The van der Waals surface area contributed by atoms with Gasteiger partial charge in [0.05, 0.1) is 0 Å². The third-order valence-corrected chi connectivity index (χ3v) is 2.67. The van der Waals surface area contributed by atoms with Gasteiger partial charge in [0, 0.05) is 34.4 Å². The van der Waals surface area contributed by atoms with Gasteiger partial charge in [0.1, 0.15) is 0 Å². The van der Waals surface area contributed by atoms with Crippen LogP contribution in [0.25, 0.3) is 10.9 Å². The second-order valence-electron chi connectivity index (χ2n) is 2.17. The third kappa shape index (κ3) is 1.12. The Labute approximate surface area is 73.2 Å². The van der Waals surface area contributed by atoms with Crippen molar-refractivity contribution in [3.63, 3.8) is 0 Å². The van der Waals surface area contributed by atoms with E-state index >= 15 is 0 Å². The molecule has 11 heavy (non-hydrogen) atoms. The average Bonchev–Trinajstić information content (AvgIpc) is 2.47. The van der Waals surface area contributed by atoms with E-state index in [2.05, 4.69) is 21.6 Å². The second kappa shape index (κ2) is 2.79. The molecule has 0 amide bonds. The maximum Gasteiger partial charge on any atom is 0.0497 e. The highest BCUT2D eigenvalue weighted by Crippen LogP contribution is 2.28. The molecule has 0 aliphatic rings. The van der Waals surface area contributed by atoms with Gasteiger partial charge in [-0.15, -0.1) is 11.7 Å². The zero-order valence-corrected chi connectivity index (χ0v) is 7.32. The number of fused-ring (bicyclic) bond motifs is 1.